The monoisotopic (exact) mass is 225 g/mol. The molecule has 1 unspecified atom stereocenters. The van der Waals surface area contributed by atoms with Crippen molar-refractivity contribution in [3.63, 3.8) is 0 Å². The second-order valence-corrected chi connectivity index (χ2v) is 5.78. The molecule has 2 N–H and O–H groups in total. The number of aromatic nitrogens is 2. The van der Waals surface area contributed by atoms with Crippen LogP contribution in [0.5, 0.6) is 0 Å². The van der Waals surface area contributed by atoms with Gasteiger partial charge in [0.1, 0.15) is 0 Å². The molecule has 1 saturated heterocycles. The maximum Gasteiger partial charge on any atom is 0.0522 e. The topological polar surface area (TPSA) is 43.8 Å². The Hall–Kier alpha value is -0.480. The lowest BCUT2D eigenvalue weighted by atomic mass is 9.96. The van der Waals surface area contributed by atoms with E-state index in [1.165, 1.54) is 24.2 Å². The summed E-state index contributed by atoms with van der Waals surface area (Å²) in [6, 6.07) is 0. The molecule has 1 aromatic rings. The molecule has 0 amide bonds. The molecule has 15 heavy (non-hydrogen) atoms. The molecule has 1 aromatic heterocycles. The molecule has 0 aliphatic carbocycles. The van der Waals surface area contributed by atoms with Crippen molar-refractivity contribution in [3.8, 4) is 0 Å². The van der Waals surface area contributed by atoms with E-state index < -0.39 is 0 Å². The molecule has 0 aromatic carbocycles. The van der Waals surface area contributed by atoms with E-state index in [-0.39, 0.29) is 0 Å². The predicted octanol–water partition coefficient (Wildman–Crippen LogP) is 1.67. The molecule has 1 aliphatic heterocycles. The van der Waals surface area contributed by atoms with E-state index in [4.69, 9.17) is 5.73 Å². The Labute approximate surface area is 95.4 Å². The largest absolute Gasteiger partial charge is 0.329 e. The fourth-order valence-electron chi connectivity index (χ4n) is 2.17. The van der Waals surface area contributed by atoms with Gasteiger partial charge in [-0.2, -0.15) is 16.9 Å². The minimum Gasteiger partial charge on any atom is -0.329 e. The van der Waals surface area contributed by atoms with Crippen molar-refractivity contribution in [3.05, 3.63) is 18.0 Å². The minimum absolute atomic E-state index is 0.293. The van der Waals surface area contributed by atoms with Crippen molar-refractivity contribution >= 4 is 11.8 Å². The lowest BCUT2D eigenvalue weighted by molar-refractivity contribution is 0.564. The van der Waals surface area contributed by atoms with Crippen LogP contribution in [0.25, 0.3) is 0 Å². The Morgan fingerprint density at radius 1 is 1.67 bits per heavy atom. The van der Waals surface area contributed by atoms with Crippen LogP contribution in [0.1, 0.15) is 25.3 Å². The minimum atomic E-state index is 0.293. The summed E-state index contributed by atoms with van der Waals surface area (Å²) in [5.41, 5.74) is 7.24. The summed E-state index contributed by atoms with van der Waals surface area (Å²) in [6.07, 6.45) is 7.78. The lowest BCUT2D eigenvalue weighted by Crippen LogP contribution is -2.33. The third kappa shape index (κ3) is 2.37. The second-order valence-electron chi connectivity index (χ2n) is 4.22. The fourth-order valence-corrected chi connectivity index (χ4v) is 3.57. The summed E-state index contributed by atoms with van der Waals surface area (Å²) in [5, 5.41) is 4.31. The van der Waals surface area contributed by atoms with E-state index in [1.807, 2.05) is 22.6 Å². The van der Waals surface area contributed by atoms with Crippen LogP contribution in [0.3, 0.4) is 0 Å². The number of rotatable bonds is 4. The maximum absolute atomic E-state index is 5.91. The third-order valence-corrected chi connectivity index (χ3v) is 4.71. The standard InChI is InChI=1S/C11H19N3S/c1-2-14-8-10(7-13-14)6-11(9-12)4-3-5-15-11/h7-8H,2-6,9,12H2,1H3. The first-order valence-electron chi connectivity index (χ1n) is 5.63. The van der Waals surface area contributed by atoms with Gasteiger partial charge >= 0.3 is 0 Å². The summed E-state index contributed by atoms with van der Waals surface area (Å²) < 4.78 is 2.28. The highest BCUT2D eigenvalue weighted by Crippen LogP contribution is 2.39. The molecule has 2 heterocycles. The van der Waals surface area contributed by atoms with Crippen LogP contribution >= 0.6 is 11.8 Å². The van der Waals surface area contributed by atoms with Crippen LogP contribution in [-0.4, -0.2) is 26.8 Å². The number of hydrogen-bond acceptors (Lipinski definition) is 3. The van der Waals surface area contributed by atoms with Gasteiger partial charge in [-0.3, -0.25) is 4.68 Å². The second kappa shape index (κ2) is 4.58. The smallest absolute Gasteiger partial charge is 0.0522 e. The molecule has 3 nitrogen and oxygen atoms in total. The van der Waals surface area contributed by atoms with E-state index >= 15 is 0 Å². The Morgan fingerprint density at radius 3 is 3.07 bits per heavy atom. The van der Waals surface area contributed by atoms with Gasteiger partial charge in [0, 0.05) is 24.0 Å². The zero-order valence-corrected chi connectivity index (χ0v) is 10.1. The molecule has 0 radical (unpaired) electrons. The maximum atomic E-state index is 5.91. The van der Waals surface area contributed by atoms with Crippen molar-refractivity contribution in [2.45, 2.75) is 37.5 Å². The van der Waals surface area contributed by atoms with Gasteiger partial charge in [0.05, 0.1) is 6.20 Å². The highest BCUT2D eigenvalue weighted by molar-refractivity contribution is 8.00. The number of aryl methyl sites for hydroxylation is 1. The molecule has 84 valence electrons. The van der Waals surface area contributed by atoms with E-state index in [1.54, 1.807) is 0 Å². The van der Waals surface area contributed by atoms with Gasteiger partial charge < -0.3 is 5.73 Å². The van der Waals surface area contributed by atoms with Gasteiger partial charge in [0.2, 0.25) is 0 Å². The molecule has 0 bridgehead atoms. The van der Waals surface area contributed by atoms with Crippen molar-refractivity contribution in [1.82, 2.24) is 9.78 Å². The van der Waals surface area contributed by atoms with Crippen molar-refractivity contribution in [2.24, 2.45) is 5.73 Å². The van der Waals surface area contributed by atoms with Crippen LogP contribution in [0.2, 0.25) is 0 Å². The molecule has 1 fully saturated rings. The van der Waals surface area contributed by atoms with E-state index in [2.05, 4.69) is 18.2 Å². The van der Waals surface area contributed by atoms with Crippen LogP contribution in [0.15, 0.2) is 12.4 Å². The third-order valence-electron chi connectivity index (χ3n) is 3.09. The van der Waals surface area contributed by atoms with Crippen molar-refractivity contribution < 1.29 is 0 Å². The van der Waals surface area contributed by atoms with E-state index in [9.17, 15) is 0 Å². The first kappa shape index (κ1) is 11.0. The van der Waals surface area contributed by atoms with Gasteiger partial charge in [-0.25, -0.2) is 0 Å². The molecule has 1 atom stereocenters. The lowest BCUT2D eigenvalue weighted by Gasteiger charge is -2.25. The van der Waals surface area contributed by atoms with Gasteiger partial charge in [-0.15, -0.1) is 0 Å². The first-order valence-corrected chi connectivity index (χ1v) is 6.62. The van der Waals surface area contributed by atoms with Gasteiger partial charge in [0.15, 0.2) is 0 Å². The molecule has 0 spiro atoms. The fraction of sp³-hybridized carbons (Fsp3) is 0.727. The average molecular weight is 225 g/mol. The number of hydrogen-bond donors (Lipinski definition) is 1. The highest BCUT2D eigenvalue weighted by Gasteiger charge is 2.33. The van der Waals surface area contributed by atoms with E-state index in [0.29, 0.717) is 4.75 Å². The van der Waals surface area contributed by atoms with Gasteiger partial charge in [-0.1, -0.05) is 0 Å². The summed E-state index contributed by atoms with van der Waals surface area (Å²) in [4.78, 5) is 0. The average Bonchev–Trinajstić information content (AvgIpc) is 2.88. The van der Waals surface area contributed by atoms with Crippen LogP contribution in [0, 0.1) is 0 Å². The summed E-state index contributed by atoms with van der Waals surface area (Å²) in [6.45, 7) is 3.84. The number of thioether (sulfide) groups is 1. The summed E-state index contributed by atoms with van der Waals surface area (Å²) in [5.74, 6) is 1.26. The van der Waals surface area contributed by atoms with E-state index in [0.717, 1.165) is 19.5 Å². The Balaban J connectivity index is 2.05. The molecule has 0 saturated carbocycles. The van der Waals surface area contributed by atoms with Crippen LogP contribution in [-0.2, 0) is 13.0 Å². The predicted molar refractivity (Wildman–Crippen MR) is 65.1 cm³/mol. The molecule has 1 aliphatic rings. The van der Waals surface area contributed by atoms with Crippen LogP contribution < -0.4 is 5.73 Å². The number of nitrogens with zero attached hydrogens (tertiary/aromatic N) is 2. The zero-order valence-electron chi connectivity index (χ0n) is 9.28. The Bertz CT molecular complexity index is 315. The summed E-state index contributed by atoms with van der Waals surface area (Å²) >= 11 is 2.04. The number of nitrogens with two attached hydrogens (primary N) is 1. The summed E-state index contributed by atoms with van der Waals surface area (Å²) in [7, 11) is 0. The van der Waals surface area contributed by atoms with Crippen molar-refractivity contribution in [2.75, 3.05) is 12.3 Å². The highest BCUT2D eigenvalue weighted by atomic mass is 32.2. The normalized spacial score (nSPS) is 26.0. The Kier molecular flexibility index (Phi) is 3.36. The quantitative estimate of drug-likeness (QED) is 0.847. The van der Waals surface area contributed by atoms with Gasteiger partial charge in [0.25, 0.3) is 0 Å². The first-order chi connectivity index (χ1) is 7.28. The zero-order chi connectivity index (χ0) is 10.7. The van der Waals surface area contributed by atoms with Crippen LogP contribution in [0.4, 0.5) is 0 Å². The molecule has 4 heteroatoms. The molecular weight excluding hydrogens is 206 g/mol. The Morgan fingerprint density at radius 2 is 2.53 bits per heavy atom. The SMILES string of the molecule is CCn1cc(CC2(CN)CCCS2)cn1. The van der Waals surface area contributed by atoms with Crippen molar-refractivity contribution in [1.29, 1.82) is 0 Å². The molecular formula is C11H19N3S. The van der Waals surface area contributed by atoms with Gasteiger partial charge in [-0.05, 0) is 37.5 Å². The molecule has 2 rings (SSSR count).